The van der Waals surface area contributed by atoms with Gasteiger partial charge in [-0.1, -0.05) is 40.5 Å². The minimum atomic E-state index is 0.337. The zero-order chi connectivity index (χ0) is 9.72. The first-order valence-electron chi connectivity index (χ1n) is 5.26. The third kappa shape index (κ3) is 3.57. The van der Waals surface area contributed by atoms with E-state index < -0.39 is 0 Å². The van der Waals surface area contributed by atoms with Crippen LogP contribution in [0.2, 0.25) is 0 Å². The van der Waals surface area contributed by atoms with Crippen LogP contribution in [0.3, 0.4) is 0 Å². The van der Waals surface area contributed by atoms with Crippen molar-refractivity contribution in [2.45, 2.75) is 53.5 Å². The Labute approximate surface area is 77.7 Å². The summed E-state index contributed by atoms with van der Waals surface area (Å²) in [6, 6.07) is 0.337. The molecule has 0 aromatic rings. The molecule has 0 heterocycles. The van der Waals surface area contributed by atoms with Crippen molar-refractivity contribution in [1.82, 2.24) is 0 Å². The van der Waals surface area contributed by atoms with E-state index in [0.717, 1.165) is 11.8 Å². The zero-order valence-electron chi connectivity index (χ0n) is 9.30. The van der Waals surface area contributed by atoms with E-state index in [9.17, 15) is 0 Å². The van der Waals surface area contributed by atoms with Crippen molar-refractivity contribution in [3.05, 3.63) is 0 Å². The van der Waals surface area contributed by atoms with Gasteiger partial charge in [0.25, 0.3) is 0 Å². The fourth-order valence-corrected chi connectivity index (χ4v) is 1.93. The van der Waals surface area contributed by atoms with Crippen molar-refractivity contribution < 1.29 is 0 Å². The van der Waals surface area contributed by atoms with E-state index in [0.29, 0.717) is 12.0 Å². The second-order valence-corrected chi connectivity index (χ2v) is 4.41. The van der Waals surface area contributed by atoms with Gasteiger partial charge in [0.1, 0.15) is 0 Å². The summed E-state index contributed by atoms with van der Waals surface area (Å²) in [6.45, 7) is 11.3. The molecule has 2 N–H and O–H groups in total. The highest BCUT2D eigenvalue weighted by Crippen LogP contribution is 2.27. The number of hydrogen-bond donors (Lipinski definition) is 1. The molecule has 0 bridgehead atoms. The van der Waals surface area contributed by atoms with Gasteiger partial charge in [-0.3, -0.25) is 0 Å². The normalized spacial score (nSPS) is 19.2. The lowest BCUT2D eigenvalue weighted by Crippen LogP contribution is -2.32. The summed E-state index contributed by atoms with van der Waals surface area (Å²) in [5.41, 5.74) is 5.90. The van der Waals surface area contributed by atoms with Gasteiger partial charge in [-0.25, -0.2) is 0 Å². The Morgan fingerprint density at radius 1 is 1.08 bits per heavy atom. The zero-order valence-corrected chi connectivity index (χ0v) is 9.30. The van der Waals surface area contributed by atoms with Crippen LogP contribution in [0.1, 0.15) is 47.5 Å². The van der Waals surface area contributed by atoms with Crippen molar-refractivity contribution in [2.24, 2.45) is 23.5 Å². The predicted octanol–water partition coefficient (Wildman–Crippen LogP) is 3.04. The molecule has 0 rings (SSSR count). The van der Waals surface area contributed by atoms with Gasteiger partial charge in [0.05, 0.1) is 0 Å². The van der Waals surface area contributed by atoms with Crippen LogP contribution in [0.4, 0.5) is 0 Å². The van der Waals surface area contributed by atoms with E-state index in [1.54, 1.807) is 0 Å². The van der Waals surface area contributed by atoms with E-state index in [4.69, 9.17) is 5.73 Å². The molecule has 0 aromatic heterocycles. The highest BCUT2D eigenvalue weighted by Gasteiger charge is 2.22. The summed E-state index contributed by atoms with van der Waals surface area (Å²) in [7, 11) is 0. The molecule has 74 valence electrons. The first-order valence-corrected chi connectivity index (χ1v) is 5.26. The Bertz CT molecular complexity index is 108. The van der Waals surface area contributed by atoms with Crippen LogP contribution in [0.15, 0.2) is 0 Å². The van der Waals surface area contributed by atoms with Crippen LogP contribution in [0.5, 0.6) is 0 Å². The Kier molecular flexibility index (Phi) is 5.56. The predicted molar refractivity (Wildman–Crippen MR) is 56.0 cm³/mol. The minimum absolute atomic E-state index is 0.337. The molecule has 0 saturated heterocycles. The first kappa shape index (κ1) is 12.0. The molecular formula is C11H25N. The molecule has 12 heavy (non-hydrogen) atoms. The third-order valence-corrected chi connectivity index (χ3v) is 2.98. The molecule has 0 radical (unpaired) electrons. The van der Waals surface area contributed by atoms with Gasteiger partial charge in [0.15, 0.2) is 0 Å². The monoisotopic (exact) mass is 171 g/mol. The smallest absolute Gasteiger partial charge is 0.00388 e. The standard InChI is InChI=1S/C11H25N/c1-6-7-11(8(2)3)9(4)10(5)12/h8-11H,6-7,12H2,1-5H3. The Morgan fingerprint density at radius 2 is 1.58 bits per heavy atom. The maximum absolute atomic E-state index is 5.90. The summed E-state index contributed by atoms with van der Waals surface area (Å²) in [6.07, 6.45) is 2.60. The van der Waals surface area contributed by atoms with Crippen LogP contribution in [-0.2, 0) is 0 Å². The molecule has 0 spiro atoms. The SMILES string of the molecule is CCCC(C(C)C)C(C)C(C)N. The lowest BCUT2D eigenvalue weighted by molar-refractivity contribution is 0.226. The van der Waals surface area contributed by atoms with E-state index in [2.05, 4.69) is 34.6 Å². The molecule has 0 fully saturated rings. The van der Waals surface area contributed by atoms with E-state index in [1.165, 1.54) is 12.8 Å². The molecule has 3 unspecified atom stereocenters. The van der Waals surface area contributed by atoms with Crippen molar-refractivity contribution >= 4 is 0 Å². The topological polar surface area (TPSA) is 26.0 Å². The second kappa shape index (κ2) is 5.58. The van der Waals surface area contributed by atoms with Crippen molar-refractivity contribution in [3.8, 4) is 0 Å². The van der Waals surface area contributed by atoms with Crippen molar-refractivity contribution in [3.63, 3.8) is 0 Å². The summed E-state index contributed by atoms with van der Waals surface area (Å²) >= 11 is 0. The molecule has 1 nitrogen and oxygen atoms in total. The lowest BCUT2D eigenvalue weighted by Gasteiger charge is -2.29. The summed E-state index contributed by atoms with van der Waals surface area (Å²) in [5, 5.41) is 0. The maximum atomic E-state index is 5.90. The fraction of sp³-hybridized carbons (Fsp3) is 1.00. The highest BCUT2D eigenvalue weighted by atomic mass is 14.6. The fourth-order valence-electron chi connectivity index (χ4n) is 1.93. The summed E-state index contributed by atoms with van der Waals surface area (Å²) in [5.74, 6) is 2.23. The van der Waals surface area contributed by atoms with Gasteiger partial charge in [-0.2, -0.15) is 0 Å². The molecular weight excluding hydrogens is 146 g/mol. The maximum Gasteiger partial charge on any atom is 0.00388 e. The van der Waals surface area contributed by atoms with Gasteiger partial charge in [0, 0.05) is 6.04 Å². The molecule has 3 atom stereocenters. The van der Waals surface area contributed by atoms with Gasteiger partial charge in [-0.05, 0) is 24.7 Å². The van der Waals surface area contributed by atoms with Gasteiger partial charge in [-0.15, -0.1) is 0 Å². The average molecular weight is 171 g/mol. The summed E-state index contributed by atoms with van der Waals surface area (Å²) in [4.78, 5) is 0. The quantitative estimate of drug-likeness (QED) is 0.676. The molecule has 0 aromatic carbocycles. The van der Waals surface area contributed by atoms with Crippen molar-refractivity contribution in [1.29, 1.82) is 0 Å². The Hall–Kier alpha value is -0.0400. The van der Waals surface area contributed by atoms with Crippen LogP contribution in [0.25, 0.3) is 0 Å². The lowest BCUT2D eigenvalue weighted by atomic mass is 9.78. The van der Waals surface area contributed by atoms with Crippen LogP contribution in [-0.4, -0.2) is 6.04 Å². The molecule has 0 amide bonds. The molecule has 0 saturated carbocycles. The summed E-state index contributed by atoms with van der Waals surface area (Å²) < 4.78 is 0. The van der Waals surface area contributed by atoms with Crippen LogP contribution in [0, 0.1) is 17.8 Å². The van der Waals surface area contributed by atoms with Gasteiger partial charge < -0.3 is 5.73 Å². The Morgan fingerprint density at radius 3 is 1.83 bits per heavy atom. The second-order valence-electron chi connectivity index (χ2n) is 4.41. The largest absolute Gasteiger partial charge is 0.328 e. The molecule has 1 heteroatoms. The molecule has 0 aliphatic rings. The third-order valence-electron chi connectivity index (χ3n) is 2.98. The van der Waals surface area contributed by atoms with Crippen LogP contribution < -0.4 is 5.73 Å². The Balaban J connectivity index is 4.09. The molecule has 0 aliphatic carbocycles. The van der Waals surface area contributed by atoms with E-state index in [-0.39, 0.29) is 0 Å². The van der Waals surface area contributed by atoms with E-state index in [1.807, 2.05) is 0 Å². The minimum Gasteiger partial charge on any atom is -0.328 e. The van der Waals surface area contributed by atoms with Gasteiger partial charge in [0.2, 0.25) is 0 Å². The van der Waals surface area contributed by atoms with E-state index >= 15 is 0 Å². The van der Waals surface area contributed by atoms with Crippen molar-refractivity contribution in [2.75, 3.05) is 0 Å². The van der Waals surface area contributed by atoms with Crippen LogP contribution >= 0.6 is 0 Å². The van der Waals surface area contributed by atoms with Gasteiger partial charge >= 0.3 is 0 Å². The first-order chi connectivity index (χ1) is 5.50. The number of nitrogens with two attached hydrogens (primary N) is 1. The number of rotatable bonds is 5. The average Bonchev–Trinajstić information content (AvgIpc) is 1.98. The molecule has 0 aliphatic heterocycles. The number of hydrogen-bond acceptors (Lipinski definition) is 1. The highest BCUT2D eigenvalue weighted by molar-refractivity contribution is 4.75.